The molecular formula is C16H25NO. The molecule has 2 atom stereocenters. The molecule has 1 fully saturated rings. The topological polar surface area (TPSA) is 21.3 Å². The third-order valence-corrected chi connectivity index (χ3v) is 3.88. The molecule has 2 rings (SSSR count). The van der Waals surface area contributed by atoms with Gasteiger partial charge in [-0.3, -0.25) is 0 Å². The first-order chi connectivity index (χ1) is 8.81. The van der Waals surface area contributed by atoms with E-state index in [1.165, 1.54) is 18.4 Å². The zero-order valence-electron chi connectivity index (χ0n) is 11.6. The van der Waals surface area contributed by atoms with Gasteiger partial charge in [0.1, 0.15) is 5.75 Å². The van der Waals surface area contributed by atoms with E-state index in [-0.39, 0.29) is 0 Å². The predicted octanol–water partition coefficient (Wildman–Crippen LogP) is 3.72. The highest BCUT2D eigenvalue weighted by Gasteiger charge is 2.16. The zero-order valence-corrected chi connectivity index (χ0v) is 11.6. The van der Waals surface area contributed by atoms with Crippen molar-refractivity contribution < 1.29 is 4.74 Å². The van der Waals surface area contributed by atoms with Crippen LogP contribution in [0.5, 0.6) is 5.75 Å². The summed E-state index contributed by atoms with van der Waals surface area (Å²) in [6.45, 7) is 6.72. The fraction of sp³-hybridized carbons (Fsp3) is 0.625. The van der Waals surface area contributed by atoms with Gasteiger partial charge in [0.05, 0.1) is 6.10 Å². The van der Waals surface area contributed by atoms with Crippen LogP contribution in [0.25, 0.3) is 0 Å². The van der Waals surface area contributed by atoms with E-state index in [0.29, 0.717) is 12.0 Å². The first-order valence-corrected chi connectivity index (χ1v) is 7.27. The highest BCUT2D eigenvalue weighted by Crippen LogP contribution is 2.30. The fourth-order valence-corrected chi connectivity index (χ4v) is 2.50. The molecule has 2 nitrogen and oxygen atoms in total. The van der Waals surface area contributed by atoms with Crippen LogP contribution in [0.3, 0.4) is 0 Å². The molecule has 2 heteroatoms. The normalized spacial score (nSPS) is 22.2. The van der Waals surface area contributed by atoms with E-state index >= 15 is 0 Å². The van der Waals surface area contributed by atoms with Crippen molar-refractivity contribution in [3.63, 3.8) is 0 Å². The van der Waals surface area contributed by atoms with Crippen LogP contribution in [-0.2, 0) is 0 Å². The summed E-state index contributed by atoms with van der Waals surface area (Å²) in [5.41, 5.74) is 1.36. The molecule has 0 spiro atoms. The first kappa shape index (κ1) is 13.4. The van der Waals surface area contributed by atoms with Crippen molar-refractivity contribution in [2.45, 2.75) is 51.6 Å². The van der Waals surface area contributed by atoms with Crippen molar-refractivity contribution in [1.82, 2.24) is 5.32 Å². The molecule has 0 radical (unpaired) electrons. The van der Waals surface area contributed by atoms with Gasteiger partial charge in [0, 0.05) is 0 Å². The maximum absolute atomic E-state index is 6.25. The summed E-state index contributed by atoms with van der Waals surface area (Å²) in [6.07, 6.45) is 5.05. The molecule has 18 heavy (non-hydrogen) atoms. The van der Waals surface area contributed by atoms with Crippen LogP contribution in [-0.4, -0.2) is 19.2 Å². The molecule has 0 saturated carbocycles. The van der Waals surface area contributed by atoms with E-state index in [4.69, 9.17) is 4.74 Å². The van der Waals surface area contributed by atoms with Gasteiger partial charge in [-0.25, -0.2) is 0 Å². The average Bonchev–Trinajstić information content (AvgIpc) is 2.67. The van der Waals surface area contributed by atoms with Gasteiger partial charge in [-0.1, -0.05) is 32.0 Å². The molecule has 1 aliphatic heterocycles. The Hall–Kier alpha value is -1.02. The minimum Gasteiger partial charge on any atom is -0.490 e. The molecule has 1 aromatic rings. The van der Waals surface area contributed by atoms with Crippen LogP contribution in [0.15, 0.2) is 24.3 Å². The minimum absolute atomic E-state index is 0.380. The Morgan fingerprint density at radius 2 is 2.11 bits per heavy atom. The fourth-order valence-electron chi connectivity index (χ4n) is 2.50. The van der Waals surface area contributed by atoms with Crippen molar-refractivity contribution in [3.8, 4) is 5.75 Å². The summed E-state index contributed by atoms with van der Waals surface area (Å²) in [7, 11) is 0. The number of nitrogens with one attached hydrogen (secondary N) is 1. The van der Waals surface area contributed by atoms with Gasteiger partial charge in [0.2, 0.25) is 0 Å². The van der Waals surface area contributed by atoms with Crippen molar-refractivity contribution in [2.75, 3.05) is 13.1 Å². The quantitative estimate of drug-likeness (QED) is 0.875. The highest BCUT2D eigenvalue weighted by atomic mass is 16.5. The molecule has 2 unspecified atom stereocenters. The van der Waals surface area contributed by atoms with Crippen LogP contribution in [0.2, 0.25) is 0 Å². The molecule has 0 bridgehead atoms. The lowest BCUT2D eigenvalue weighted by molar-refractivity contribution is 0.185. The lowest BCUT2D eigenvalue weighted by atomic mass is 9.97. The Balaban J connectivity index is 2.07. The molecule has 1 heterocycles. The predicted molar refractivity (Wildman–Crippen MR) is 76.3 cm³/mol. The van der Waals surface area contributed by atoms with E-state index in [9.17, 15) is 0 Å². The Morgan fingerprint density at radius 3 is 2.94 bits per heavy atom. The Morgan fingerprint density at radius 1 is 1.28 bits per heavy atom. The highest BCUT2D eigenvalue weighted by molar-refractivity contribution is 5.36. The Bertz CT molecular complexity index is 356. The van der Waals surface area contributed by atoms with Crippen LogP contribution >= 0.6 is 0 Å². The van der Waals surface area contributed by atoms with Gasteiger partial charge < -0.3 is 10.1 Å². The third-order valence-electron chi connectivity index (χ3n) is 3.88. The van der Waals surface area contributed by atoms with Gasteiger partial charge >= 0.3 is 0 Å². The molecular weight excluding hydrogens is 222 g/mol. The van der Waals surface area contributed by atoms with E-state index in [0.717, 1.165) is 31.7 Å². The lowest BCUT2D eigenvalue weighted by Gasteiger charge is -2.21. The van der Waals surface area contributed by atoms with Crippen LogP contribution in [0.4, 0.5) is 0 Å². The zero-order chi connectivity index (χ0) is 12.8. The van der Waals surface area contributed by atoms with Crippen molar-refractivity contribution in [3.05, 3.63) is 29.8 Å². The van der Waals surface area contributed by atoms with Gasteiger partial charge in [0.25, 0.3) is 0 Å². The van der Waals surface area contributed by atoms with Gasteiger partial charge in [-0.15, -0.1) is 0 Å². The van der Waals surface area contributed by atoms with Crippen molar-refractivity contribution >= 4 is 0 Å². The second kappa shape index (κ2) is 6.79. The summed E-state index contributed by atoms with van der Waals surface area (Å²) >= 11 is 0. The standard InChI is InChI=1S/C16H25NO/c1-3-13(2)15-8-4-5-9-16(15)18-14-7-6-11-17-12-10-14/h4-5,8-9,13-14,17H,3,6-7,10-12H2,1-2H3. The van der Waals surface area contributed by atoms with E-state index in [2.05, 4.69) is 43.4 Å². The van der Waals surface area contributed by atoms with Gasteiger partial charge in [-0.2, -0.15) is 0 Å². The summed E-state index contributed by atoms with van der Waals surface area (Å²) in [4.78, 5) is 0. The van der Waals surface area contributed by atoms with Crippen LogP contribution < -0.4 is 10.1 Å². The second-order valence-electron chi connectivity index (χ2n) is 5.27. The van der Waals surface area contributed by atoms with Crippen LogP contribution in [0, 0.1) is 0 Å². The largest absolute Gasteiger partial charge is 0.490 e. The van der Waals surface area contributed by atoms with E-state index in [1.807, 2.05) is 0 Å². The maximum atomic E-state index is 6.25. The third kappa shape index (κ3) is 3.49. The molecule has 0 aromatic heterocycles. The van der Waals surface area contributed by atoms with Gasteiger partial charge in [0.15, 0.2) is 0 Å². The molecule has 1 aliphatic rings. The van der Waals surface area contributed by atoms with E-state index in [1.54, 1.807) is 0 Å². The Labute approximate surface area is 111 Å². The summed E-state index contributed by atoms with van der Waals surface area (Å²) in [6, 6.07) is 8.53. The molecule has 100 valence electrons. The second-order valence-corrected chi connectivity index (χ2v) is 5.27. The molecule has 0 aliphatic carbocycles. The number of hydrogen-bond acceptors (Lipinski definition) is 2. The lowest BCUT2D eigenvalue weighted by Crippen LogP contribution is -2.20. The number of rotatable bonds is 4. The van der Waals surface area contributed by atoms with Crippen molar-refractivity contribution in [2.24, 2.45) is 0 Å². The summed E-state index contributed by atoms with van der Waals surface area (Å²) in [5.74, 6) is 1.67. The first-order valence-electron chi connectivity index (χ1n) is 7.27. The SMILES string of the molecule is CCC(C)c1ccccc1OC1CCCNCC1. The summed E-state index contributed by atoms with van der Waals surface area (Å²) in [5, 5.41) is 3.43. The number of hydrogen-bond donors (Lipinski definition) is 1. The monoisotopic (exact) mass is 247 g/mol. The average molecular weight is 247 g/mol. The summed E-state index contributed by atoms with van der Waals surface area (Å²) < 4.78 is 6.25. The Kier molecular flexibility index (Phi) is 5.06. The molecule has 0 amide bonds. The van der Waals surface area contributed by atoms with Gasteiger partial charge in [-0.05, 0) is 56.3 Å². The van der Waals surface area contributed by atoms with E-state index < -0.39 is 0 Å². The molecule has 1 aromatic carbocycles. The number of benzene rings is 1. The van der Waals surface area contributed by atoms with Crippen LogP contribution in [0.1, 0.15) is 51.0 Å². The molecule has 1 N–H and O–H groups in total. The minimum atomic E-state index is 0.380. The number of para-hydroxylation sites is 1. The maximum Gasteiger partial charge on any atom is 0.123 e. The number of ether oxygens (including phenoxy) is 1. The molecule has 1 saturated heterocycles. The smallest absolute Gasteiger partial charge is 0.123 e. The van der Waals surface area contributed by atoms with Crippen molar-refractivity contribution in [1.29, 1.82) is 0 Å².